The summed E-state index contributed by atoms with van der Waals surface area (Å²) in [6.07, 6.45) is 0. The molecule has 18 heavy (non-hydrogen) atoms. The van der Waals surface area contributed by atoms with Crippen LogP contribution in [0.15, 0.2) is 35.7 Å². The van der Waals surface area contributed by atoms with Crippen molar-refractivity contribution < 1.29 is 9.84 Å². The lowest BCUT2D eigenvalue weighted by Gasteiger charge is -2.13. The molecule has 0 aliphatic heterocycles. The number of hydrogen-bond donors (Lipinski definition) is 2. The van der Waals surface area contributed by atoms with Crippen molar-refractivity contribution in [2.75, 3.05) is 7.11 Å². The van der Waals surface area contributed by atoms with Gasteiger partial charge in [0.25, 0.3) is 0 Å². The van der Waals surface area contributed by atoms with E-state index in [9.17, 15) is 5.11 Å². The van der Waals surface area contributed by atoms with E-state index < -0.39 is 0 Å². The van der Waals surface area contributed by atoms with Gasteiger partial charge in [-0.25, -0.2) is 0 Å². The second-order valence-electron chi connectivity index (χ2n) is 4.11. The van der Waals surface area contributed by atoms with Crippen LogP contribution in [0.5, 0.6) is 11.5 Å². The van der Waals surface area contributed by atoms with Crippen LogP contribution in [0.1, 0.15) is 23.4 Å². The lowest BCUT2D eigenvalue weighted by molar-refractivity contribution is 0.405. The molecule has 1 atom stereocenters. The molecule has 2 rings (SSSR count). The minimum atomic E-state index is 0.264. The van der Waals surface area contributed by atoms with Crippen molar-refractivity contribution in [2.24, 2.45) is 0 Å². The number of methoxy groups -OCH3 is 1. The van der Waals surface area contributed by atoms with E-state index >= 15 is 0 Å². The fraction of sp³-hybridized carbons (Fsp3) is 0.286. The number of rotatable bonds is 5. The van der Waals surface area contributed by atoms with E-state index in [1.54, 1.807) is 24.5 Å². The molecule has 0 spiro atoms. The lowest BCUT2D eigenvalue weighted by atomic mass is 10.1. The molecule has 0 amide bonds. The highest BCUT2D eigenvalue weighted by Crippen LogP contribution is 2.24. The molecule has 0 fully saturated rings. The number of nitrogens with one attached hydrogen (secondary N) is 1. The Morgan fingerprint density at radius 3 is 2.83 bits per heavy atom. The van der Waals surface area contributed by atoms with Gasteiger partial charge in [0.05, 0.1) is 7.11 Å². The molecule has 1 heterocycles. The Labute approximate surface area is 111 Å². The summed E-state index contributed by atoms with van der Waals surface area (Å²) < 4.78 is 5.06. The van der Waals surface area contributed by atoms with Gasteiger partial charge in [0.1, 0.15) is 11.5 Å². The standard InChI is InChI=1S/C14H17NO2S/c1-10(14-4-3-7-18-14)15-9-11-5-6-12(17-2)8-13(11)16/h3-8,10,15-16H,9H2,1-2H3. The Hall–Kier alpha value is -1.52. The molecule has 0 aliphatic carbocycles. The first-order chi connectivity index (χ1) is 8.70. The van der Waals surface area contributed by atoms with E-state index in [2.05, 4.69) is 23.7 Å². The Balaban J connectivity index is 1.98. The minimum Gasteiger partial charge on any atom is -0.507 e. The van der Waals surface area contributed by atoms with Gasteiger partial charge >= 0.3 is 0 Å². The van der Waals surface area contributed by atoms with Gasteiger partial charge in [0.2, 0.25) is 0 Å². The largest absolute Gasteiger partial charge is 0.507 e. The van der Waals surface area contributed by atoms with E-state index in [4.69, 9.17) is 4.74 Å². The maximum atomic E-state index is 9.85. The van der Waals surface area contributed by atoms with Crippen LogP contribution in [0.3, 0.4) is 0 Å². The first kappa shape index (κ1) is 12.9. The third-order valence-electron chi connectivity index (χ3n) is 2.86. The molecule has 1 aromatic carbocycles. The molecule has 1 aromatic heterocycles. The highest BCUT2D eigenvalue weighted by Gasteiger charge is 2.08. The van der Waals surface area contributed by atoms with E-state index in [0.717, 1.165) is 5.56 Å². The van der Waals surface area contributed by atoms with Gasteiger partial charge in [-0.05, 0) is 24.4 Å². The zero-order chi connectivity index (χ0) is 13.0. The second-order valence-corrected chi connectivity index (χ2v) is 5.09. The van der Waals surface area contributed by atoms with Crippen molar-refractivity contribution >= 4 is 11.3 Å². The third kappa shape index (κ3) is 3.03. The Kier molecular flexibility index (Phi) is 4.23. The zero-order valence-electron chi connectivity index (χ0n) is 10.5. The first-order valence-corrected chi connectivity index (χ1v) is 6.71. The second kappa shape index (κ2) is 5.89. The quantitative estimate of drug-likeness (QED) is 0.869. The lowest BCUT2D eigenvalue weighted by Crippen LogP contribution is -2.17. The average Bonchev–Trinajstić information content (AvgIpc) is 2.90. The Morgan fingerprint density at radius 1 is 1.39 bits per heavy atom. The molecule has 0 bridgehead atoms. The van der Waals surface area contributed by atoms with Crippen LogP contribution in [0.2, 0.25) is 0 Å². The zero-order valence-corrected chi connectivity index (χ0v) is 11.3. The van der Waals surface area contributed by atoms with Crippen molar-refractivity contribution in [2.45, 2.75) is 19.5 Å². The summed E-state index contributed by atoms with van der Waals surface area (Å²) in [5, 5.41) is 15.3. The van der Waals surface area contributed by atoms with E-state index in [1.807, 2.05) is 18.2 Å². The van der Waals surface area contributed by atoms with Crippen molar-refractivity contribution in [3.8, 4) is 11.5 Å². The smallest absolute Gasteiger partial charge is 0.123 e. The number of hydrogen-bond acceptors (Lipinski definition) is 4. The third-order valence-corrected chi connectivity index (χ3v) is 3.92. The number of benzene rings is 1. The molecule has 3 nitrogen and oxygen atoms in total. The molecular formula is C14H17NO2S. The van der Waals surface area contributed by atoms with Gasteiger partial charge in [-0.2, -0.15) is 0 Å². The summed E-state index contributed by atoms with van der Waals surface area (Å²) in [4.78, 5) is 1.29. The SMILES string of the molecule is COc1ccc(CNC(C)c2cccs2)c(O)c1. The molecule has 2 aromatic rings. The van der Waals surface area contributed by atoms with Gasteiger partial charge in [-0.15, -0.1) is 11.3 Å². The van der Waals surface area contributed by atoms with Gasteiger partial charge in [-0.1, -0.05) is 12.1 Å². The van der Waals surface area contributed by atoms with Crippen LogP contribution >= 0.6 is 11.3 Å². The molecule has 0 saturated heterocycles. The Morgan fingerprint density at radius 2 is 2.22 bits per heavy atom. The van der Waals surface area contributed by atoms with Crippen molar-refractivity contribution in [1.29, 1.82) is 0 Å². The fourth-order valence-corrected chi connectivity index (χ4v) is 2.48. The molecule has 2 N–H and O–H groups in total. The van der Waals surface area contributed by atoms with Crippen molar-refractivity contribution in [1.82, 2.24) is 5.32 Å². The van der Waals surface area contributed by atoms with Gasteiger partial charge < -0.3 is 15.2 Å². The van der Waals surface area contributed by atoms with Crippen LogP contribution < -0.4 is 10.1 Å². The van der Waals surface area contributed by atoms with Crippen LogP contribution in [0.4, 0.5) is 0 Å². The fourth-order valence-electron chi connectivity index (χ4n) is 1.72. The van der Waals surface area contributed by atoms with E-state index in [0.29, 0.717) is 12.3 Å². The molecular weight excluding hydrogens is 246 g/mol. The molecule has 0 saturated carbocycles. The number of aromatic hydroxyl groups is 1. The summed E-state index contributed by atoms with van der Waals surface area (Å²) in [6, 6.07) is 9.80. The van der Waals surface area contributed by atoms with Gasteiger partial charge in [0.15, 0.2) is 0 Å². The molecule has 1 unspecified atom stereocenters. The van der Waals surface area contributed by atoms with Crippen molar-refractivity contribution in [3.05, 3.63) is 46.2 Å². The summed E-state index contributed by atoms with van der Waals surface area (Å²) >= 11 is 1.73. The van der Waals surface area contributed by atoms with Gasteiger partial charge in [-0.3, -0.25) is 0 Å². The topological polar surface area (TPSA) is 41.5 Å². The summed E-state index contributed by atoms with van der Waals surface area (Å²) in [5.74, 6) is 0.933. The predicted octanol–water partition coefficient (Wildman–Crippen LogP) is 3.31. The molecule has 96 valence electrons. The maximum absolute atomic E-state index is 9.85. The molecule has 4 heteroatoms. The number of phenolic OH excluding ortho intramolecular Hbond substituents is 1. The average molecular weight is 263 g/mol. The summed E-state index contributed by atoms with van der Waals surface area (Å²) in [6.45, 7) is 2.75. The monoisotopic (exact) mass is 263 g/mol. The maximum Gasteiger partial charge on any atom is 0.123 e. The normalized spacial score (nSPS) is 12.3. The summed E-state index contributed by atoms with van der Waals surface area (Å²) in [5.41, 5.74) is 0.874. The van der Waals surface area contributed by atoms with E-state index in [1.165, 1.54) is 4.88 Å². The highest BCUT2D eigenvalue weighted by molar-refractivity contribution is 7.10. The molecule has 0 aliphatic rings. The molecule has 0 radical (unpaired) electrons. The first-order valence-electron chi connectivity index (χ1n) is 5.83. The van der Waals surface area contributed by atoms with E-state index in [-0.39, 0.29) is 11.8 Å². The van der Waals surface area contributed by atoms with Crippen LogP contribution in [-0.2, 0) is 6.54 Å². The van der Waals surface area contributed by atoms with Crippen molar-refractivity contribution in [3.63, 3.8) is 0 Å². The summed E-state index contributed by atoms with van der Waals surface area (Å²) in [7, 11) is 1.59. The Bertz CT molecular complexity index is 497. The predicted molar refractivity (Wildman–Crippen MR) is 74.2 cm³/mol. The van der Waals surface area contributed by atoms with Gasteiger partial charge in [0, 0.05) is 29.1 Å². The van der Waals surface area contributed by atoms with Crippen LogP contribution in [0, 0.1) is 0 Å². The van der Waals surface area contributed by atoms with Crippen LogP contribution in [-0.4, -0.2) is 12.2 Å². The minimum absolute atomic E-state index is 0.264. The number of phenols is 1. The number of thiophene rings is 1. The van der Waals surface area contributed by atoms with Crippen LogP contribution in [0.25, 0.3) is 0 Å². The number of ether oxygens (including phenoxy) is 1. The highest BCUT2D eigenvalue weighted by atomic mass is 32.1.